The number of phenolic OH excluding ortho intramolecular Hbond substituents is 1. The Morgan fingerprint density at radius 3 is 1.67 bits per heavy atom. The number of aromatic hydroxyl groups is 1. The maximum absolute atomic E-state index is 14.6. The van der Waals surface area contributed by atoms with E-state index in [-0.39, 0.29) is 52.4 Å². The monoisotopic (exact) mass is 932 g/mol. The number of nitrogens with zero attached hydrogens (tertiary/aromatic N) is 2. The molecule has 3 aliphatic rings. The third kappa shape index (κ3) is 8.42. The minimum Gasteiger partial charge on any atom is -0.507 e. The highest BCUT2D eigenvalue weighted by Gasteiger charge is 2.54. The van der Waals surface area contributed by atoms with Crippen LogP contribution in [-0.2, 0) is 42.9 Å². The second kappa shape index (κ2) is 18.3. The number of carbonyl (C=O) groups excluding carboxylic acids is 6. The fourth-order valence-electron chi connectivity index (χ4n) is 8.82. The van der Waals surface area contributed by atoms with Gasteiger partial charge >= 0.3 is 23.9 Å². The molecule has 4 aromatic carbocycles. The van der Waals surface area contributed by atoms with Gasteiger partial charge in [-0.2, -0.15) is 0 Å². The van der Waals surface area contributed by atoms with Crippen LogP contribution in [0.3, 0.4) is 0 Å². The van der Waals surface area contributed by atoms with E-state index in [1.54, 1.807) is 46.2 Å². The molecule has 15 nitrogen and oxygen atoms in total. The standard InChI is InChI=1S/C46H42Cl2N2O13S/c1-22(51)58-21-36-41(59-23(2)52)42(60-24(3)53)43(61-25(4)54)46(63-36)62-35-16-33-40(31-12-8-6-10-29(31)35)27(18-48)20-50(33)45(57)38-14-13-37(64-38)44(56)49-19-26(17-47)39-30-11-7-5-9-28(30)34(55)15-32(39)49/h5-16,26-27,36,41-43,46,55H,17-21H2,1-4H3/t26-,27-,36?,41+,42?,43+,46?/m1/s1. The summed E-state index contributed by atoms with van der Waals surface area (Å²) in [6, 6.07) is 21.1. The van der Waals surface area contributed by atoms with E-state index in [1.165, 1.54) is 6.92 Å². The van der Waals surface area contributed by atoms with Gasteiger partial charge in [0.05, 0.1) is 21.1 Å². The first-order valence-corrected chi connectivity index (χ1v) is 22.2. The molecule has 8 rings (SSSR count). The van der Waals surface area contributed by atoms with Crippen molar-refractivity contribution in [2.45, 2.75) is 70.2 Å². The molecule has 0 bridgehead atoms. The Morgan fingerprint density at radius 1 is 0.656 bits per heavy atom. The zero-order valence-corrected chi connectivity index (χ0v) is 37.2. The summed E-state index contributed by atoms with van der Waals surface area (Å²) >= 11 is 14.1. The van der Waals surface area contributed by atoms with Crippen LogP contribution in [0, 0.1) is 0 Å². The highest BCUT2D eigenvalue weighted by Crippen LogP contribution is 2.48. The molecule has 1 fully saturated rings. The van der Waals surface area contributed by atoms with Crippen LogP contribution in [0.1, 0.15) is 70.0 Å². The van der Waals surface area contributed by atoms with E-state index in [1.807, 2.05) is 36.4 Å². The molecule has 18 heteroatoms. The SMILES string of the molecule is CC(=O)OCC1OC(Oc2cc3c(c4ccccc24)[C@H](CCl)CN3C(=O)c2ccc(C(=O)N3C[C@@H](CCl)c4c3cc(O)c3ccccc43)s2)[C@@H](OC(C)=O)C(OC(C)=O)[C@H]1OC(C)=O. The molecule has 334 valence electrons. The van der Waals surface area contributed by atoms with E-state index in [0.29, 0.717) is 39.0 Å². The molecular formula is C46H42Cl2N2O13S. The third-order valence-corrected chi connectivity index (χ3v) is 13.2. The molecule has 1 aromatic heterocycles. The second-order valence-corrected chi connectivity index (χ2v) is 17.3. The number of rotatable bonds is 11. The van der Waals surface area contributed by atoms with Crippen molar-refractivity contribution in [3.63, 3.8) is 0 Å². The van der Waals surface area contributed by atoms with Crippen molar-refractivity contribution < 1.29 is 62.3 Å². The van der Waals surface area contributed by atoms with Gasteiger partial charge in [-0.15, -0.1) is 34.5 Å². The van der Waals surface area contributed by atoms with Crippen LogP contribution in [-0.4, -0.2) is 103 Å². The summed E-state index contributed by atoms with van der Waals surface area (Å²) in [6.45, 7) is 4.58. The van der Waals surface area contributed by atoms with Crippen molar-refractivity contribution in [3.05, 3.63) is 93.7 Å². The highest BCUT2D eigenvalue weighted by molar-refractivity contribution is 7.16. The average molecular weight is 934 g/mol. The molecule has 5 aromatic rings. The van der Waals surface area contributed by atoms with Crippen LogP contribution in [0.4, 0.5) is 11.4 Å². The smallest absolute Gasteiger partial charge is 0.303 e. The number of anilines is 2. The summed E-state index contributed by atoms with van der Waals surface area (Å²) in [5.74, 6) is -3.68. The van der Waals surface area contributed by atoms with Crippen molar-refractivity contribution in [3.8, 4) is 11.5 Å². The first-order chi connectivity index (χ1) is 30.7. The summed E-state index contributed by atoms with van der Waals surface area (Å²) < 4.78 is 34.8. The number of ether oxygens (including phenoxy) is 6. The van der Waals surface area contributed by atoms with Crippen molar-refractivity contribution in [1.82, 2.24) is 0 Å². The maximum atomic E-state index is 14.6. The molecule has 1 saturated heterocycles. The maximum Gasteiger partial charge on any atom is 0.303 e. The molecule has 0 spiro atoms. The lowest BCUT2D eigenvalue weighted by Crippen LogP contribution is -2.63. The van der Waals surface area contributed by atoms with Crippen molar-refractivity contribution >= 4 is 103 Å². The topological polar surface area (TPSA) is 185 Å². The molecule has 1 N–H and O–H groups in total. The van der Waals surface area contributed by atoms with E-state index in [9.17, 15) is 33.9 Å². The molecule has 0 radical (unpaired) electrons. The fraction of sp³-hybridized carbons (Fsp3) is 0.348. The summed E-state index contributed by atoms with van der Waals surface area (Å²) in [7, 11) is 0. The van der Waals surface area contributed by atoms with Crippen LogP contribution < -0.4 is 14.5 Å². The number of alkyl halides is 2. The number of hydrogen-bond acceptors (Lipinski definition) is 14. The Balaban J connectivity index is 1.14. The fourth-order valence-corrected chi connectivity index (χ4v) is 10.2. The van der Waals surface area contributed by atoms with Crippen LogP contribution in [0.15, 0.2) is 72.8 Å². The molecule has 3 unspecified atom stereocenters. The van der Waals surface area contributed by atoms with Gasteiger partial charge < -0.3 is 43.3 Å². The van der Waals surface area contributed by atoms with Gasteiger partial charge in [0, 0.05) is 87.3 Å². The van der Waals surface area contributed by atoms with Crippen LogP contribution in [0.25, 0.3) is 21.5 Å². The summed E-state index contributed by atoms with van der Waals surface area (Å²) in [5, 5.41) is 13.7. The van der Waals surface area contributed by atoms with Gasteiger partial charge in [0.15, 0.2) is 12.2 Å². The molecule has 7 atom stereocenters. The molecule has 3 aliphatic heterocycles. The van der Waals surface area contributed by atoms with Gasteiger partial charge in [-0.25, -0.2) is 0 Å². The quantitative estimate of drug-likeness (QED) is 0.0799. The Morgan fingerprint density at radius 2 is 1.14 bits per heavy atom. The Kier molecular flexibility index (Phi) is 12.8. The van der Waals surface area contributed by atoms with Crippen LogP contribution in [0.2, 0.25) is 0 Å². The lowest BCUT2D eigenvalue weighted by atomic mass is 9.95. The first kappa shape index (κ1) is 44.7. The molecule has 2 amide bonds. The van der Waals surface area contributed by atoms with E-state index < -0.39 is 67.1 Å². The number of carbonyl (C=O) groups is 6. The molecule has 4 heterocycles. The van der Waals surface area contributed by atoms with Crippen LogP contribution >= 0.6 is 34.5 Å². The number of halogens is 2. The average Bonchev–Trinajstić information content (AvgIpc) is 4.00. The van der Waals surface area contributed by atoms with E-state index in [2.05, 4.69) is 0 Å². The van der Waals surface area contributed by atoms with Crippen molar-refractivity contribution in [1.29, 1.82) is 0 Å². The number of phenols is 1. The van der Waals surface area contributed by atoms with Gasteiger partial charge in [0.1, 0.15) is 24.2 Å². The van der Waals surface area contributed by atoms with E-state index in [4.69, 9.17) is 51.6 Å². The largest absolute Gasteiger partial charge is 0.507 e. The van der Waals surface area contributed by atoms with Gasteiger partial charge in [-0.05, 0) is 34.0 Å². The summed E-state index contributed by atoms with van der Waals surface area (Å²) in [5.41, 5.74) is 2.66. The summed E-state index contributed by atoms with van der Waals surface area (Å²) in [4.78, 5) is 81.9. The van der Waals surface area contributed by atoms with E-state index in [0.717, 1.165) is 48.6 Å². The summed E-state index contributed by atoms with van der Waals surface area (Å²) in [6.07, 6.45) is -7.18. The number of benzene rings is 4. The Hall–Kier alpha value is -5.94. The van der Waals surface area contributed by atoms with Crippen molar-refractivity contribution in [2.24, 2.45) is 0 Å². The van der Waals surface area contributed by atoms with Gasteiger partial charge in [-0.3, -0.25) is 28.8 Å². The predicted octanol–water partition coefficient (Wildman–Crippen LogP) is 7.19. The van der Waals surface area contributed by atoms with Gasteiger partial charge in [-0.1, -0.05) is 48.5 Å². The molecular weight excluding hydrogens is 891 g/mol. The van der Waals surface area contributed by atoms with Crippen molar-refractivity contribution in [2.75, 3.05) is 41.3 Å². The number of esters is 4. The lowest BCUT2D eigenvalue weighted by Gasteiger charge is -2.44. The first-order valence-electron chi connectivity index (χ1n) is 20.3. The Bertz CT molecular complexity index is 2710. The number of amides is 2. The number of thiophene rings is 1. The number of hydrogen-bond donors (Lipinski definition) is 1. The predicted molar refractivity (Wildman–Crippen MR) is 237 cm³/mol. The van der Waals surface area contributed by atoms with E-state index >= 15 is 0 Å². The lowest BCUT2D eigenvalue weighted by molar-refractivity contribution is -0.288. The normalized spacial score (nSPS) is 22.4. The minimum atomic E-state index is -1.55. The Labute approximate surface area is 380 Å². The zero-order valence-electron chi connectivity index (χ0n) is 34.9. The third-order valence-electron chi connectivity index (χ3n) is 11.4. The minimum absolute atomic E-state index is 0.0380. The highest BCUT2D eigenvalue weighted by atomic mass is 35.5. The van der Waals surface area contributed by atoms with Crippen LogP contribution in [0.5, 0.6) is 11.5 Å². The zero-order chi connectivity index (χ0) is 45.6. The second-order valence-electron chi connectivity index (χ2n) is 15.6. The molecule has 0 aliphatic carbocycles. The van der Waals surface area contributed by atoms with Gasteiger partial charge in [0.25, 0.3) is 11.8 Å². The molecule has 64 heavy (non-hydrogen) atoms. The van der Waals surface area contributed by atoms with Gasteiger partial charge in [0.2, 0.25) is 12.4 Å². The number of fused-ring (bicyclic) bond motifs is 6. The molecule has 0 saturated carbocycles.